The van der Waals surface area contributed by atoms with Crippen molar-refractivity contribution in [2.24, 2.45) is 0 Å². The van der Waals surface area contributed by atoms with Crippen molar-refractivity contribution < 1.29 is 19.2 Å². The molecule has 2 aliphatic rings. The van der Waals surface area contributed by atoms with Gasteiger partial charge in [-0.1, -0.05) is 12.1 Å². The average molecular weight is 468 g/mol. The molecule has 2 saturated heterocycles. The average Bonchev–Trinajstić information content (AvgIpc) is 2.88. The third kappa shape index (κ3) is 5.33. The minimum atomic E-state index is -0.448. The second-order valence-corrected chi connectivity index (χ2v) is 9.04. The minimum absolute atomic E-state index is 0.0711. The Bertz CT molecular complexity index is 996. The molecule has 4 rings (SSSR count). The van der Waals surface area contributed by atoms with Crippen LogP contribution in [-0.2, 0) is 10.2 Å². The zero-order valence-electron chi connectivity index (χ0n) is 19.8. The van der Waals surface area contributed by atoms with Crippen molar-refractivity contribution in [3.05, 3.63) is 63.7 Å². The lowest BCUT2D eigenvalue weighted by atomic mass is 9.74. The molecular formula is C26H33N3O5. The number of rotatable bonds is 8. The maximum atomic E-state index is 13.4. The summed E-state index contributed by atoms with van der Waals surface area (Å²) in [5.41, 5.74) is 1.94. The van der Waals surface area contributed by atoms with Crippen LogP contribution < -0.4 is 15.0 Å². The highest BCUT2D eigenvalue weighted by atomic mass is 16.6. The second kappa shape index (κ2) is 10.9. The van der Waals surface area contributed by atoms with E-state index in [1.54, 1.807) is 6.07 Å². The Balaban J connectivity index is 1.57. The van der Waals surface area contributed by atoms with E-state index < -0.39 is 4.92 Å². The van der Waals surface area contributed by atoms with E-state index in [1.165, 1.54) is 12.1 Å². The molecule has 0 unspecified atom stereocenters. The molecule has 2 fully saturated rings. The van der Waals surface area contributed by atoms with Gasteiger partial charge in [-0.25, -0.2) is 0 Å². The van der Waals surface area contributed by atoms with Crippen LogP contribution in [-0.4, -0.2) is 50.3 Å². The molecule has 0 atom stereocenters. The number of hydrogen-bond donors (Lipinski definition) is 1. The summed E-state index contributed by atoms with van der Waals surface area (Å²) in [5, 5.41) is 14.5. The van der Waals surface area contributed by atoms with Crippen molar-refractivity contribution in [2.75, 3.05) is 44.4 Å². The highest BCUT2D eigenvalue weighted by molar-refractivity contribution is 6.00. The van der Waals surface area contributed by atoms with Gasteiger partial charge in [-0.2, -0.15) is 0 Å². The predicted octanol–water partition coefficient (Wildman–Crippen LogP) is 4.46. The van der Waals surface area contributed by atoms with Gasteiger partial charge in [0, 0.05) is 50.4 Å². The molecule has 0 spiro atoms. The Hall–Kier alpha value is -3.13. The fourth-order valence-corrected chi connectivity index (χ4v) is 4.98. The van der Waals surface area contributed by atoms with Crippen LogP contribution in [0.25, 0.3) is 0 Å². The van der Waals surface area contributed by atoms with Gasteiger partial charge in [-0.05, 0) is 62.8 Å². The number of carbonyl (C=O) groups excluding carboxylic acids is 1. The van der Waals surface area contributed by atoms with Crippen molar-refractivity contribution in [3.8, 4) is 5.75 Å². The molecule has 8 nitrogen and oxygen atoms in total. The van der Waals surface area contributed by atoms with E-state index in [0.717, 1.165) is 62.2 Å². The lowest BCUT2D eigenvalue weighted by Crippen LogP contribution is -2.45. The van der Waals surface area contributed by atoms with Crippen molar-refractivity contribution >= 4 is 17.3 Å². The number of amides is 1. The third-order valence-electron chi connectivity index (χ3n) is 6.95. The summed E-state index contributed by atoms with van der Waals surface area (Å²) in [5.74, 6) is 0.543. The van der Waals surface area contributed by atoms with Gasteiger partial charge >= 0.3 is 0 Å². The zero-order chi connectivity index (χ0) is 24.0. The number of nitro benzene ring substituents is 1. The lowest BCUT2D eigenvalue weighted by molar-refractivity contribution is -0.384. The summed E-state index contributed by atoms with van der Waals surface area (Å²) >= 11 is 0. The van der Waals surface area contributed by atoms with E-state index in [2.05, 4.69) is 22.3 Å². The van der Waals surface area contributed by atoms with Crippen molar-refractivity contribution in [2.45, 2.75) is 44.4 Å². The number of hydrogen-bond acceptors (Lipinski definition) is 6. The van der Waals surface area contributed by atoms with Gasteiger partial charge in [0.1, 0.15) is 5.75 Å². The van der Waals surface area contributed by atoms with Gasteiger partial charge in [-0.15, -0.1) is 0 Å². The van der Waals surface area contributed by atoms with E-state index >= 15 is 0 Å². The Morgan fingerprint density at radius 2 is 1.82 bits per heavy atom. The number of nitrogens with one attached hydrogen (secondary N) is 1. The molecule has 8 heteroatoms. The third-order valence-corrected chi connectivity index (χ3v) is 6.95. The molecule has 0 saturated carbocycles. The molecule has 0 bridgehead atoms. The SMILES string of the molecule is CCOc1ccc(C2(CNC(=O)c3cc([N+](=O)[O-])ccc3N3CCCCC3)CCOCC2)cc1. The van der Waals surface area contributed by atoms with Crippen LogP contribution in [0.1, 0.15) is 54.9 Å². The molecule has 34 heavy (non-hydrogen) atoms. The topological polar surface area (TPSA) is 93.9 Å². The summed E-state index contributed by atoms with van der Waals surface area (Å²) in [6, 6.07) is 12.7. The lowest BCUT2D eigenvalue weighted by Gasteiger charge is -2.38. The Kier molecular flexibility index (Phi) is 7.67. The van der Waals surface area contributed by atoms with E-state index in [4.69, 9.17) is 9.47 Å². The van der Waals surface area contributed by atoms with Gasteiger partial charge in [-0.3, -0.25) is 14.9 Å². The monoisotopic (exact) mass is 467 g/mol. The number of piperidine rings is 1. The quantitative estimate of drug-likeness (QED) is 0.455. The van der Waals surface area contributed by atoms with Gasteiger partial charge in [0.05, 0.1) is 22.8 Å². The molecular weight excluding hydrogens is 434 g/mol. The molecule has 182 valence electrons. The summed E-state index contributed by atoms with van der Waals surface area (Å²) in [6.45, 7) is 5.95. The molecule has 2 aromatic rings. The Morgan fingerprint density at radius 1 is 1.12 bits per heavy atom. The van der Waals surface area contributed by atoms with Crippen LogP contribution in [0.5, 0.6) is 5.75 Å². The smallest absolute Gasteiger partial charge is 0.270 e. The number of anilines is 1. The first-order valence-corrected chi connectivity index (χ1v) is 12.1. The molecule has 2 aliphatic heterocycles. The van der Waals surface area contributed by atoms with Crippen molar-refractivity contribution in [1.29, 1.82) is 0 Å². The van der Waals surface area contributed by atoms with Crippen LogP contribution in [0, 0.1) is 10.1 Å². The number of nitrogens with zero attached hydrogens (tertiary/aromatic N) is 2. The Morgan fingerprint density at radius 3 is 2.47 bits per heavy atom. The largest absolute Gasteiger partial charge is 0.494 e. The fourth-order valence-electron chi connectivity index (χ4n) is 4.98. The predicted molar refractivity (Wildman–Crippen MR) is 131 cm³/mol. The highest BCUT2D eigenvalue weighted by Crippen LogP contribution is 2.36. The van der Waals surface area contributed by atoms with Crippen molar-refractivity contribution in [1.82, 2.24) is 5.32 Å². The number of benzene rings is 2. The molecule has 0 radical (unpaired) electrons. The highest BCUT2D eigenvalue weighted by Gasteiger charge is 2.35. The maximum Gasteiger partial charge on any atom is 0.270 e. The van der Waals surface area contributed by atoms with Gasteiger partial charge in [0.2, 0.25) is 0 Å². The van der Waals surface area contributed by atoms with Crippen LogP contribution in [0.3, 0.4) is 0 Å². The molecule has 0 aromatic heterocycles. The van der Waals surface area contributed by atoms with Gasteiger partial charge < -0.3 is 19.7 Å². The van der Waals surface area contributed by atoms with E-state index in [-0.39, 0.29) is 17.0 Å². The van der Waals surface area contributed by atoms with Crippen LogP contribution in [0.4, 0.5) is 11.4 Å². The maximum absolute atomic E-state index is 13.4. The first kappa shape index (κ1) is 24.0. The summed E-state index contributed by atoms with van der Waals surface area (Å²) in [7, 11) is 0. The van der Waals surface area contributed by atoms with E-state index in [9.17, 15) is 14.9 Å². The minimum Gasteiger partial charge on any atom is -0.494 e. The van der Waals surface area contributed by atoms with E-state index in [0.29, 0.717) is 31.9 Å². The number of nitro groups is 1. The summed E-state index contributed by atoms with van der Waals surface area (Å²) < 4.78 is 11.2. The van der Waals surface area contributed by atoms with Crippen molar-refractivity contribution in [3.63, 3.8) is 0 Å². The molecule has 0 aliphatic carbocycles. The van der Waals surface area contributed by atoms with Gasteiger partial charge in [0.25, 0.3) is 11.6 Å². The number of non-ortho nitro benzene ring substituents is 1. The molecule has 2 aromatic carbocycles. The molecule has 1 N–H and O–H groups in total. The number of carbonyl (C=O) groups is 1. The van der Waals surface area contributed by atoms with E-state index in [1.807, 2.05) is 19.1 Å². The van der Waals surface area contributed by atoms with Crippen LogP contribution in [0.2, 0.25) is 0 Å². The normalized spacial score (nSPS) is 17.7. The van der Waals surface area contributed by atoms with Crippen LogP contribution >= 0.6 is 0 Å². The Labute approximate surface area is 200 Å². The first-order valence-electron chi connectivity index (χ1n) is 12.1. The summed E-state index contributed by atoms with van der Waals surface area (Å²) in [4.78, 5) is 26.6. The fraction of sp³-hybridized carbons (Fsp3) is 0.500. The van der Waals surface area contributed by atoms with Gasteiger partial charge in [0.15, 0.2) is 0 Å². The first-order chi connectivity index (χ1) is 16.5. The second-order valence-electron chi connectivity index (χ2n) is 9.04. The molecule has 2 heterocycles. The number of ether oxygens (including phenoxy) is 2. The standard InChI is InChI=1S/C26H33N3O5/c1-2-34-22-9-6-20(7-10-22)26(12-16-33-17-13-26)19-27-25(30)23-18-21(29(31)32)8-11-24(23)28-14-4-3-5-15-28/h6-11,18H,2-5,12-17,19H2,1H3,(H,27,30). The van der Waals surface area contributed by atoms with Crippen LogP contribution in [0.15, 0.2) is 42.5 Å². The molecule has 1 amide bonds. The summed E-state index contributed by atoms with van der Waals surface area (Å²) in [6.07, 6.45) is 4.85. The zero-order valence-corrected chi connectivity index (χ0v) is 19.8.